The Kier molecular flexibility index (Phi) is 4.36. The van der Waals surface area contributed by atoms with E-state index in [0.29, 0.717) is 12.0 Å². The van der Waals surface area contributed by atoms with Gasteiger partial charge in [-0.05, 0) is 43.2 Å². The summed E-state index contributed by atoms with van der Waals surface area (Å²) >= 11 is 0. The van der Waals surface area contributed by atoms with Crippen molar-refractivity contribution < 1.29 is 0 Å². The molecule has 2 aromatic heterocycles. The largest absolute Gasteiger partial charge is 0.339 e. The highest BCUT2D eigenvalue weighted by molar-refractivity contribution is 5.92. The van der Waals surface area contributed by atoms with Crippen molar-refractivity contribution in [2.24, 2.45) is 10.7 Å². The molecule has 0 radical (unpaired) electrons. The van der Waals surface area contributed by atoms with Crippen molar-refractivity contribution in [1.82, 2.24) is 9.13 Å². The Balaban J connectivity index is 2.16. The van der Waals surface area contributed by atoms with Crippen LogP contribution in [0.25, 0.3) is 11.0 Å². The molecule has 0 spiro atoms. The van der Waals surface area contributed by atoms with E-state index < -0.39 is 0 Å². The molecule has 0 unspecified atom stereocenters. The van der Waals surface area contributed by atoms with Crippen molar-refractivity contribution in [2.45, 2.75) is 26.9 Å². The van der Waals surface area contributed by atoms with Crippen molar-refractivity contribution in [2.75, 3.05) is 7.05 Å². The number of fused-ring (bicyclic) bond motifs is 1. The monoisotopic (exact) mass is 321 g/mol. The van der Waals surface area contributed by atoms with Crippen molar-refractivity contribution in [3.63, 3.8) is 0 Å². The van der Waals surface area contributed by atoms with Gasteiger partial charge in [-0.15, -0.1) is 0 Å². The summed E-state index contributed by atoms with van der Waals surface area (Å²) in [5.41, 5.74) is 11.8. The highest BCUT2D eigenvalue weighted by Crippen LogP contribution is 2.20. The van der Waals surface area contributed by atoms with Gasteiger partial charge in [-0.1, -0.05) is 24.3 Å². The summed E-state index contributed by atoms with van der Waals surface area (Å²) in [6.45, 7) is 5.35. The smallest absolute Gasteiger partial charge is 0.130 e. The minimum atomic E-state index is 0.438. The van der Waals surface area contributed by atoms with E-state index in [2.05, 4.69) is 40.7 Å². The van der Waals surface area contributed by atoms with Crippen LogP contribution in [0.3, 0.4) is 0 Å². The van der Waals surface area contributed by atoms with E-state index in [1.807, 2.05) is 29.7 Å². The number of rotatable bonds is 3. The molecule has 2 heterocycles. The third-order valence-corrected chi connectivity index (χ3v) is 4.42. The fraction of sp³-hybridized carbons (Fsp3) is 0.263. The number of aliphatic imine (C=N–C) groups is 1. The predicted molar refractivity (Wildman–Crippen MR) is 98.4 cm³/mol. The van der Waals surface area contributed by atoms with Crippen LogP contribution in [0, 0.1) is 12.3 Å². The topological polar surface area (TPSA) is 72.1 Å². The molecular formula is C19H23N5. The first-order chi connectivity index (χ1) is 11.5. The number of hydrogen-bond acceptors (Lipinski definition) is 3. The molecule has 5 heteroatoms. The van der Waals surface area contributed by atoms with Gasteiger partial charge in [0.1, 0.15) is 11.3 Å². The minimum absolute atomic E-state index is 0.438. The highest BCUT2D eigenvalue weighted by atomic mass is 15.1. The van der Waals surface area contributed by atoms with Gasteiger partial charge >= 0.3 is 0 Å². The summed E-state index contributed by atoms with van der Waals surface area (Å²) in [4.78, 5) is 4.25. The van der Waals surface area contributed by atoms with E-state index in [1.54, 1.807) is 7.05 Å². The number of nitrogens with one attached hydrogen (secondary N) is 1. The van der Waals surface area contributed by atoms with Gasteiger partial charge < -0.3 is 10.3 Å². The summed E-state index contributed by atoms with van der Waals surface area (Å²) in [6, 6.07) is 14.3. The summed E-state index contributed by atoms with van der Waals surface area (Å²) < 4.78 is 4.15. The lowest BCUT2D eigenvalue weighted by molar-refractivity contribution is 0.801. The Labute approximate surface area is 141 Å². The normalized spacial score (nSPS) is 12.1. The zero-order valence-electron chi connectivity index (χ0n) is 14.4. The molecule has 0 aliphatic heterocycles. The molecule has 0 aliphatic carbocycles. The first-order valence-electron chi connectivity index (χ1n) is 8.03. The Morgan fingerprint density at radius 3 is 2.58 bits per heavy atom. The molecule has 24 heavy (non-hydrogen) atoms. The fourth-order valence-electron chi connectivity index (χ4n) is 3.09. The summed E-state index contributed by atoms with van der Waals surface area (Å²) in [5.74, 6) is 0.813. The Morgan fingerprint density at radius 1 is 1.12 bits per heavy atom. The Morgan fingerprint density at radius 2 is 1.88 bits per heavy atom. The van der Waals surface area contributed by atoms with Crippen LogP contribution in [0.15, 0.2) is 47.5 Å². The standard InChI is InChI=1S/C19H23N5/c1-13-9-18-17(7-8-19(21)24(18)14(2)22-3)23(13)12-16-6-4-5-15(10-16)11-20/h4-10,21H,11-12,20H2,1-3H3. The van der Waals surface area contributed by atoms with Gasteiger partial charge in [-0.2, -0.15) is 0 Å². The van der Waals surface area contributed by atoms with E-state index in [0.717, 1.165) is 34.7 Å². The molecule has 5 nitrogen and oxygen atoms in total. The maximum Gasteiger partial charge on any atom is 0.130 e. The van der Waals surface area contributed by atoms with Gasteiger partial charge in [-0.25, -0.2) is 0 Å². The number of aromatic nitrogens is 2. The molecule has 3 aromatic rings. The Hall–Kier alpha value is -2.66. The zero-order valence-corrected chi connectivity index (χ0v) is 14.4. The second-order valence-corrected chi connectivity index (χ2v) is 5.99. The van der Waals surface area contributed by atoms with Crippen LogP contribution in [-0.4, -0.2) is 22.0 Å². The maximum atomic E-state index is 8.20. The molecule has 3 rings (SSSR count). The third-order valence-electron chi connectivity index (χ3n) is 4.42. The lowest BCUT2D eigenvalue weighted by Crippen LogP contribution is -2.24. The molecule has 0 saturated carbocycles. The fourth-order valence-corrected chi connectivity index (χ4v) is 3.09. The van der Waals surface area contributed by atoms with Crippen LogP contribution in [0.2, 0.25) is 0 Å². The van der Waals surface area contributed by atoms with Crippen LogP contribution in [-0.2, 0) is 13.1 Å². The number of aryl methyl sites for hydroxylation is 1. The van der Waals surface area contributed by atoms with Gasteiger partial charge in [0.05, 0.1) is 11.0 Å². The van der Waals surface area contributed by atoms with Crippen molar-refractivity contribution in [3.8, 4) is 0 Å². The molecule has 0 saturated heterocycles. The van der Waals surface area contributed by atoms with Gasteiger partial charge in [0.25, 0.3) is 0 Å². The van der Waals surface area contributed by atoms with Crippen molar-refractivity contribution in [1.29, 1.82) is 5.41 Å². The second kappa shape index (κ2) is 6.45. The van der Waals surface area contributed by atoms with Crippen LogP contribution in [0.4, 0.5) is 0 Å². The molecule has 0 aliphatic rings. The summed E-state index contributed by atoms with van der Waals surface area (Å²) in [7, 11) is 1.75. The van der Waals surface area contributed by atoms with E-state index in [1.165, 1.54) is 5.56 Å². The van der Waals surface area contributed by atoms with Crippen molar-refractivity contribution >= 4 is 16.9 Å². The maximum absolute atomic E-state index is 8.20. The van der Waals surface area contributed by atoms with Gasteiger partial charge in [0, 0.05) is 25.8 Å². The van der Waals surface area contributed by atoms with E-state index >= 15 is 0 Å². The molecule has 1 aromatic carbocycles. The lowest BCUT2D eigenvalue weighted by atomic mass is 10.1. The molecule has 0 amide bonds. The number of hydrogen-bond donors (Lipinski definition) is 2. The average molecular weight is 321 g/mol. The van der Waals surface area contributed by atoms with Crippen LogP contribution >= 0.6 is 0 Å². The molecule has 3 N–H and O–H groups in total. The first-order valence-corrected chi connectivity index (χ1v) is 8.03. The zero-order chi connectivity index (χ0) is 17.3. The minimum Gasteiger partial charge on any atom is -0.339 e. The number of nitrogens with two attached hydrogens (primary N) is 1. The van der Waals surface area contributed by atoms with Crippen molar-refractivity contribution in [3.05, 3.63) is 64.8 Å². The second-order valence-electron chi connectivity index (χ2n) is 5.99. The summed E-state index contributed by atoms with van der Waals surface area (Å²) in [6.07, 6.45) is 0. The Bertz CT molecular complexity index is 975. The van der Waals surface area contributed by atoms with Crippen LogP contribution in [0.5, 0.6) is 0 Å². The molecule has 124 valence electrons. The van der Waals surface area contributed by atoms with Crippen LogP contribution in [0.1, 0.15) is 23.7 Å². The molecular weight excluding hydrogens is 298 g/mol. The molecule has 0 fully saturated rings. The third kappa shape index (κ3) is 2.78. The number of pyridine rings is 1. The van der Waals surface area contributed by atoms with E-state index in [4.69, 9.17) is 11.1 Å². The number of nitrogens with zero attached hydrogens (tertiary/aromatic N) is 3. The van der Waals surface area contributed by atoms with Gasteiger partial charge in [-0.3, -0.25) is 15.0 Å². The average Bonchev–Trinajstić information content (AvgIpc) is 2.90. The molecule has 0 atom stereocenters. The number of benzene rings is 1. The lowest BCUT2D eigenvalue weighted by Gasteiger charge is -2.11. The summed E-state index contributed by atoms with van der Waals surface area (Å²) in [5, 5.41) is 8.20. The predicted octanol–water partition coefficient (Wildman–Crippen LogP) is 2.63. The van der Waals surface area contributed by atoms with Crippen LogP contribution < -0.4 is 11.2 Å². The van der Waals surface area contributed by atoms with E-state index in [-0.39, 0.29) is 0 Å². The van der Waals surface area contributed by atoms with E-state index in [9.17, 15) is 0 Å². The first kappa shape index (κ1) is 16.2. The molecule has 0 bridgehead atoms. The SMILES string of the molecule is CN=C(C)n1c(=N)ccc2c1cc(C)n2Cc1cccc(CN)c1. The van der Waals surface area contributed by atoms with Gasteiger partial charge in [0.15, 0.2) is 0 Å². The quantitative estimate of drug-likeness (QED) is 0.565. The highest BCUT2D eigenvalue weighted by Gasteiger charge is 2.11. The van der Waals surface area contributed by atoms with Gasteiger partial charge in [0.2, 0.25) is 0 Å².